The molecule has 7 heteroatoms. The monoisotopic (exact) mass is 291 g/mol. The lowest BCUT2D eigenvalue weighted by molar-refractivity contribution is 0.0360. The van der Waals surface area contributed by atoms with Gasteiger partial charge in [-0.1, -0.05) is 6.07 Å². The van der Waals surface area contributed by atoms with Crippen molar-refractivity contribution in [3.63, 3.8) is 0 Å². The van der Waals surface area contributed by atoms with Gasteiger partial charge in [0, 0.05) is 25.6 Å². The van der Waals surface area contributed by atoms with Crippen LogP contribution in [-0.4, -0.2) is 39.0 Å². The smallest absolute Gasteiger partial charge is 0.331 e. The molecule has 21 heavy (non-hydrogen) atoms. The Morgan fingerprint density at radius 3 is 2.76 bits per heavy atom. The fourth-order valence-electron chi connectivity index (χ4n) is 1.92. The minimum Gasteiger partial charge on any atom is -0.394 e. The van der Waals surface area contributed by atoms with Crippen LogP contribution in [-0.2, 0) is 17.8 Å². The second-order valence-corrected chi connectivity index (χ2v) is 4.54. The van der Waals surface area contributed by atoms with Crippen molar-refractivity contribution in [3.05, 3.63) is 63.2 Å². The number of aliphatic hydroxyl groups is 1. The van der Waals surface area contributed by atoms with E-state index < -0.39 is 11.8 Å². The first-order valence-electron chi connectivity index (χ1n) is 6.49. The molecule has 0 aliphatic rings. The maximum absolute atomic E-state index is 12.3. The van der Waals surface area contributed by atoms with E-state index in [9.17, 15) is 9.59 Å². The summed E-state index contributed by atoms with van der Waals surface area (Å²) in [5.74, 6) is 0. The van der Waals surface area contributed by atoms with Crippen molar-refractivity contribution >= 4 is 0 Å². The molecule has 2 aromatic rings. The second kappa shape index (κ2) is 6.96. The van der Waals surface area contributed by atoms with Crippen molar-refractivity contribution < 1.29 is 9.84 Å². The Balaban J connectivity index is 2.33. The number of hydrogen-bond donors (Lipinski definition) is 1. The Hall–Kier alpha value is -2.25. The zero-order valence-corrected chi connectivity index (χ0v) is 11.7. The van der Waals surface area contributed by atoms with Crippen molar-refractivity contribution in [2.75, 3.05) is 13.7 Å². The normalized spacial score (nSPS) is 12.3. The van der Waals surface area contributed by atoms with Gasteiger partial charge in [-0.25, -0.2) is 4.79 Å². The van der Waals surface area contributed by atoms with Crippen LogP contribution in [0.2, 0.25) is 0 Å². The summed E-state index contributed by atoms with van der Waals surface area (Å²) >= 11 is 0. The molecule has 112 valence electrons. The Morgan fingerprint density at radius 1 is 1.33 bits per heavy atom. The van der Waals surface area contributed by atoms with Crippen LogP contribution in [0.1, 0.15) is 5.69 Å². The van der Waals surface area contributed by atoms with E-state index in [1.165, 1.54) is 23.9 Å². The maximum atomic E-state index is 12.3. The van der Waals surface area contributed by atoms with E-state index in [4.69, 9.17) is 9.84 Å². The maximum Gasteiger partial charge on any atom is 0.331 e. The summed E-state index contributed by atoms with van der Waals surface area (Å²) in [6.45, 7) is 0.0762. The minimum absolute atomic E-state index is 0.107. The molecule has 2 rings (SSSR count). The van der Waals surface area contributed by atoms with Crippen LogP contribution in [0.4, 0.5) is 0 Å². The number of pyridine rings is 1. The van der Waals surface area contributed by atoms with Gasteiger partial charge in [-0.3, -0.25) is 18.9 Å². The van der Waals surface area contributed by atoms with Crippen LogP contribution in [0.25, 0.3) is 0 Å². The molecule has 1 unspecified atom stereocenters. The third-order valence-electron chi connectivity index (χ3n) is 3.12. The van der Waals surface area contributed by atoms with Gasteiger partial charge in [0.15, 0.2) is 0 Å². The molecule has 0 saturated carbocycles. The summed E-state index contributed by atoms with van der Waals surface area (Å²) in [4.78, 5) is 28.3. The molecule has 0 radical (unpaired) electrons. The molecular formula is C14H17N3O4. The van der Waals surface area contributed by atoms with Gasteiger partial charge < -0.3 is 9.84 Å². The lowest BCUT2D eigenvalue weighted by Crippen LogP contribution is -2.41. The van der Waals surface area contributed by atoms with Crippen LogP contribution < -0.4 is 11.2 Å². The van der Waals surface area contributed by atoms with Crippen LogP contribution >= 0.6 is 0 Å². The third-order valence-corrected chi connectivity index (χ3v) is 3.12. The number of hydrogen-bond acceptors (Lipinski definition) is 5. The highest BCUT2D eigenvalue weighted by atomic mass is 16.5. The Morgan fingerprint density at radius 2 is 2.14 bits per heavy atom. The highest BCUT2D eigenvalue weighted by Crippen LogP contribution is 1.95. The van der Waals surface area contributed by atoms with E-state index in [1.54, 1.807) is 24.4 Å². The van der Waals surface area contributed by atoms with Gasteiger partial charge in [-0.05, 0) is 12.1 Å². The molecule has 0 amide bonds. The molecule has 0 fully saturated rings. The van der Waals surface area contributed by atoms with Crippen LogP contribution in [0.3, 0.4) is 0 Å². The van der Waals surface area contributed by atoms with Crippen molar-refractivity contribution in [1.29, 1.82) is 0 Å². The molecule has 0 bridgehead atoms. The van der Waals surface area contributed by atoms with Crippen molar-refractivity contribution in [1.82, 2.24) is 14.1 Å². The van der Waals surface area contributed by atoms with Crippen LogP contribution in [0, 0.1) is 0 Å². The number of aromatic nitrogens is 3. The summed E-state index contributed by atoms with van der Waals surface area (Å²) in [5, 5.41) is 9.12. The number of ether oxygens (including phenoxy) is 1. The van der Waals surface area contributed by atoms with Gasteiger partial charge in [0.1, 0.15) is 0 Å². The first-order valence-corrected chi connectivity index (χ1v) is 6.49. The van der Waals surface area contributed by atoms with E-state index in [2.05, 4.69) is 4.98 Å². The molecule has 0 saturated heterocycles. The quantitative estimate of drug-likeness (QED) is 0.772. The van der Waals surface area contributed by atoms with E-state index in [0.717, 1.165) is 4.57 Å². The van der Waals surface area contributed by atoms with Crippen LogP contribution in [0.5, 0.6) is 0 Å². The average Bonchev–Trinajstić information content (AvgIpc) is 2.52. The SMILES string of the molecule is COC(CO)Cn1ccc(=O)n(Cc2ccccn2)c1=O. The molecule has 1 atom stereocenters. The molecule has 0 aliphatic carbocycles. The first kappa shape index (κ1) is 15.1. The third kappa shape index (κ3) is 3.65. The summed E-state index contributed by atoms with van der Waals surface area (Å²) < 4.78 is 7.48. The molecule has 0 spiro atoms. The molecule has 1 N–H and O–H groups in total. The number of aliphatic hydroxyl groups excluding tert-OH is 1. The summed E-state index contributed by atoms with van der Waals surface area (Å²) in [6.07, 6.45) is 2.51. The number of methoxy groups -OCH3 is 1. The largest absolute Gasteiger partial charge is 0.394 e. The molecule has 0 aromatic carbocycles. The van der Waals surface area contributed by atoms with E-state index in [1.807, 2.05) is 0 Å². The first-order chi connectivity index (χ1) is 10.2. The predicted octanol–water partition coefficient (Wildman–Crippen LogP) is -0.539. The van der Waals surface area contributed by atoms with E-state index in [-0.39, 0.29) is 25.3 Å². The fraction of sp³-hybridized carbons (Fsp3) is 0.357. The zero-order valence-electron chi connectivity index (χ0n) is 11.7. The number of nitrogens with zero attached hydrogens (tertiary/aromatic N) is 3. The summed E-state index contributed by atoms with van der Waals surface area (Å²) in [7, 11) is 1.45. The second-order valence-electron chi connectivity index (χ2n) is 4.54. The molecule has 0 aliphatic heterocycles. The van der Waals surface area contributed by atoms with E-state index >= 15 is 0 Å². The van der Waals surface area contributed by atoms with Gasteiger partial charge in [0.05, 0.1) is 31.5 Å². The lowest BCUT2D eigenvalue weighted by Gasteiger charge is -2.15. The molecular weight excluding hydrogens is 274 g/mol. The highest BCUT2D eigenvalue weighted by molar-refractivity contribution is 5.04. The van der Waals surface area contributed by atoms with Crippen molar-refractivity contribution in [3.8, 4) is 0 Å². The Labute approximate surface area is 121 Å². The van der Waals surface area contributed by atoms with E-state index in [0.29, 0.717) is 5.69 Å². The van der Waals surface area contributed by atoms with Gasteiger partial charge in [0.25, 0.3) is 5.56 Å². The molecule has 2 heterocycles. The van der Waals surface area contributed by atoms with Crippen LogP contribution in [0.15, 0.2) is 46.2 Å². The van der Waals surface area contributed by atoms with Gasteiger partial charge >= 0.3 is 5.69 Å². The average molecular weight is 291 g/mol. The minimum atomic E-state index is -0.497. The topological polar surface area (TPSA) is 86.3 Å². The van der Waals surface area contributed by atoms with Gasteiger partial charge in [-0.2, -0.15) is 0 Å². The Kier molecular flexibility index (Phi) is 5.02. The zero-order chi connectivity index (χ0) is 15.2. The standard InChI is InChI=1S/C14H17N3O4/c1-21-12(10-18)9-16-7-5-13(19)17(14(16)20)8-11-4-2-3-6-15-11/h2-7,12,18H,8-10H2,1H3. The molecule has 7 nitrogen and oxygen atoms in total. The van der Waals surface area contributed by atoms with Gasteiger partial charge in [-0.15, -0.1) is 0 Å². The Bertz CT molecular complexity index is 689. The van der Waals surface area contributed by atoms with Gasteiger partial charge in [0.2, 0.25) is 0 Å². The highest BCUT2D eigenvalue weighted by Gasteiger charge is 2.11. The van der Waals surface area contributed by atoms with Crippen molar-refractivity contribution in [2.24, 2.45) is 0 Å². The fourth-order valence-corrected chi connectivity index (χ4v) is 1.92. The number of rotatable bonds is 6. The molecule has 2 aromatic heterocycles. The lowest BCUT2D eigenvalue weighted by atomic mass is 10.3. The van der Waals surface area contributed by atoms with Crippen molar-refractivity contribution in [2.45, 2.75) is 19.2 Å². The summed E-state index contributed by atoms with van der Waals surface area (Å²) in [5.41, 5.74) is -0.219. The predicted molar refractivity (Wildman–Crippen MR) is 76.2 cm³/mol. The summed E-state index contributed by atoms with van der Waals surface area (Å²) in [6, 6.07) is 6.62.